The molecule has 0 bridgehead atoms. The van der Waals surface area contributed by atoms with Gasteiger partial charge in [0.2, 0.25) is 21.8 Å². The second-order valence-corrected chi connectivity index (χ2v) is 11.8. The summed E-state index contributed by atoms with van der Waals surface area (Å²) in [6.45, 7) is 7.94. The smallest absolute Gasteiger partial charge is 0.244 e. The molecule has 8 nitrogen and oxygen atoms in total. The molecule has 35 heavy (non-hydrogen) atoms. The fourth-order valence-electron chi connectivity index (χ4n) is 3.38. The zero-order chi connectivity index (χ0) is 26.6. The summed E-state index contributed by atoms with van der Waals surface area (Å²) in [6, 6.07) is 12.0. The molecule has 0 unspecified atom stereocenters. The average molecular weight is 522 g/mol. The van der Waals surface area contributed by atoms with Gasteiger partial charge in [0.05, 0.1) is 11.9 Å². The van der Waals surface area contributed by atoms with E-state index in [0.29, 0.717) is 16.1 Å². The molecule has 190 valence electrons. The Morgan fingerprint density at radius 3 is 2.23 bits per heavy atom. The van der Waals surface area contributed by atoms with E-state index in [1.54, 1.807) is 43.3 Å². The van der Waals surface area contributed by atoms with Gasteiger partial charge in [0.25, 0.3) is 0 Å². The van der Waals surface area contributed by atoms with E-state index in [1.165, 1.54) is 24.0 Å². The third-order valence-electron chi connectivity index (χ3n) is 5.13. The highest BCUT2D eigenvalue weighted by Gasteiger charge is 2.31. The van der Waals surface area contributed by atoms with Gasteiger partial charge in [-0.3, -0.25) is 18.7 Å². The highest BCUT2D eigenvalue weighted by Crippen LogP contribution is 2.21. The van der Waals surface area contributed by atoms with Gasteiger partial charge in [-0.1, -0.05) is 35.9 Å². The van der Waals surface area contributed by atoms with Crippen molar-refractivity contribution >= 4 is 44.9 Å². The highest BCUT2D eigenvalue weighted by atomic mass is 35.5. The Morgan fingerprint density at radius 2 is 1.69 bits per heavy atom. The number of hydrogen-bond donors (Lipinski definition) is 1. The minimum atomic E-state index is -3.89. The molecule has 0 spiro atoms. The number of Topliss-reactive ketones (excluding diaryl/α,β-unsaturated/α-hetero) is 1. The highest BCUT2D eigenvalue weighted by molar-refractivity contribution is 7.92. The van der Waals surface area contributed by atoms with E-state index in [4.69, 9.17) is 11.6 Å². The van der Waals surface area contributed by atoms with Crippen molar-refractivity contribution in [1.29, 1.82) is 0 Å². The molecule has 2 aromatic carbocycles. The molecule has 2 amide bonds. The molecule has 0 aromatic heterocycles. The van der Waals surface area contributed by atoms with Gasteiger partial charge in [0.15, 0.2) is 5.78 Å². The molecular weight excluding hydrogens is 490 g/mol. The largest absolute Gasteiger partial charge is 0.350 e. The van der Waals surface area contributed by atoms with Crippen LogP contribution in [0.25, 0.3) is 0 Å². The minimum absolute atomic E-state index is 0.0449. The second-order valence-electron chi connectivity index (χ2n) is 9.44. The molecule has 10 heteroatoms. The number of nitrogens with zero attached hydrogens (tertiary/aromatic N) is 2. The van der Waals surface area contributed by atoms with Crippen LogP contribution in [0.3, 0.4) is 0 Å². The third-order valence-corrected chi connectivity index (χ3v) is 6.50. The number of carbonyl (C=O) groups is 3. The van der Waals surface area contributed by atoms with Crippen LogP contribution < -0.4 is 9.62 Å². The molecule has 2 rings (SSSR count). The van der Waals surface area contributed by atoms with Crippen LogP contribution >= 0.6 is 11.6 Å². The summed E-state index contributed by atoms with van der Waals surface area (Å²) in [5.41, 5.74) is 0.660. The van der Waals surface area contributed by atoms with E-state index in [0.717, 1.165) is 10.6 Å². The van der Waals surface area contributed by atoms with Crippen molar-refractivity contribution in [3.8, 4) is 0 Å². The molecular formula is C25H32ClN3O5S. The van der Waals surface area contributed by atoms with Crippen molar-refractivity contribution in [2.24, 2.45) is 0 Å². The van der Waals surface area contributed by atoms with Crippen LogP contribution in [-0.4, -0.2) is 55.3 Å². The molecule has 1 N–H and O–H groups in total. The van der Waals surface area contributed by atoms with Crippen molar-refractivity contribution in [1.82, 2.24) is 10.2 Å². The van der Waals surface area contributed by atoms with Crippen LogP contribution in [0, 0.1) is 0 Å². The number of benzene rings is 2. The number of nitrogens with one attached hydrogen (secondary N) is 1. The molecule has 0 fully saturated rings. The number of anilines is 1. The maximum atomic E-state index is 13.5. The van der Waals surface area contributed by atoms with Gasteiger partial charge >= 0.3 is 0 Å². The van der Waals surface area contributed by atoms with Gasteiger partial charge in [-0.05, 0) is 64.4 Å². The SMILES string of the molecule is CC(=O)c1cccc(N(CC(=O)N(Cc2cccc(Cl)c2)[C@H](C)C(=O)NC(C)(C)C)S(C)(=O)=O)c1. The first-order chi connectivity index (χ1) is 16.1. The standard InChI is InChI=1S/C25H32ClN3O5S/c1-17(24(32)27-25(3,4)5)28(15-19-9-7-11-21(26)13-19)23(31)16-29(35(6,33)34)22-12-8-10-20(14-22)18(2)30/h7-14,17H,15-16H2,1-6H3,(H,27,32)/t17-/m1/s1. The number of sulfonamides is 1. The monoisotopic (exact) mass is 521 g/mol. The molecule has 0 aliphatic rings. The van der Waals surface area contributed by atoms with Crippen LogP contribution in [0.2, 0.25) is 5.02 Å². The van der Waals surface area contributed by atoms with Crippen molar-refractivity contribution in [2.45, 2.75) is 52.7 Å². The lowest BCUT2D eigenvalue weighted by Crippen LogP contribution is -2.54. The summed E-state index contributed by atoms with van der Waals surface area (Å²) >= 11 is 6.10. The van der Waals surface area contributed by atoms with Gasteiger partial charge in [-0.15, -0.1) is 0 Å². The average Bonchev–Trinajstić information content (AvgIpc) is 2.73. The third kappa shape index (κ3) is 8.36. The zero-order valence-electron chi connectivity index (χ0n) is 20.8. The Hall–Kier alpha value is -2.91. The summed E-state index contributed by atoms with van der Waals surface area (Å²) in [6.07, 6.45) is 0.984. The Morgan fingerprint density at radius 1 is 1.06 bits per heavy atom. The van der Waals surface area contributed by atoms with E-state index >= 15 is 0 Å². The Labute approximate surface area is 212 Å². The molecule has 1 atom stereocenters. The Balaban J connectivity index is 2.45. The zero-order valence-corrected chi connectivity index (χ0v) is 22.4. The topological polar surface area (TPSA) is 104 Å². The Bertz CT molecular complexity index is 1210. The normalized spacial score (nSPS) is 12.5. The van der Waals surface area contributed by atoms with E-state index in [1.807, 2.05) is 20.8 Å². The fourth-order valence-corrected chi connectivity index (χ4v) is 4.44. The predicted molar refractivity (Wildman–Crippen MR) is 138 cm³/mol. The molecule has 0 saturated carbocycles. The van der Waals surface area contributed by atoms with Crippen molar-refractivity contribution in [2.75, 3.05) is 17.1 Å². The first kappa shape index (κ1) is 28.3. The van der Waals surface area contributed by atoms with Crippen LogP contribution in [0.1, 0.15) is 50.5 Å². The molecule has 0 heterocycles. The molecule has 0 radical (unpaired) electrons. The molecule has 0 aliphatic carbocycles. The van der Waals surface area contributed by atoms with Crippen LogP contribution in [0.4, 0.5) is 5.69 Å². The number of rotatable bonds is 9. The number of carbonyl (C=O) groups excluding carboxylic acids is 3. The summed E-state index contributed by atoms with van der Waals surface area (Å²) in [4.78, 5) is 39.6. The summed E-state index contributed by atoms with van der Waals surface area (Å²) in [7, 11) is -3.89. The molecule has 2 aromatic rings. The molecule has 0 aliphatic heterocycles. The van der Waals surface area contributed by atoms with E-state index in [9.17, 15) is 22.8 Å². The van der Waals surface area contributed by atoms with Crippen molar-refractivity contribution in [3.63, 3.8) is 0 Å². The summed E-state index contributed by atoms with van der Waals surface area (Å²) < 4.78 is 26.2. The second kappa shape index (κ2) is 11.2. The minimum Gasteiger partial charge on any atom is -0.350 e. The summed E-state index contributed by atoms with van der Waals surface area (Å²) in [5, 5.41) is 3.33. The van der Waals surface area contributed by atoms with Crippen LogP contribution in [0.5, 0.6) is 0 Å². The summed E-state index contributed by atoms with van der Waals surface area (Å²) in [5.74, 6) is -1.20. The first-order valence-electron chi connectivity index (χ1n) is 11.0. The number of ketones is 1. The maximum absolute atomic E-state index is 13.5. The number of hydrogen-bond acceptors (Lipinski definition) is 5. The maximum Gasteiger partial charge on any atom is 0.244 e. The van der Waals surface area contributed by atoms with Gasteiger partial charge in [0, 0.05) is 22.7 Å². The van der Waals surface area contributed by atoms with Crippen LogP contribution in [-0.2, 0) is 26.2 Å². The van der Waals surface area contributed by atoms with E-state index in [2.05, 4.69) is 5.32 Å². The van der Waals surface area contributed by atoms with E-state index < -0.39 is 34.1 Å². The lowest BCUT2D eigenvalue weighted by Gasteiger charge is -2.33. The number of amides is 2. The first-order valence-corrected chi connectivity index (χ1v) is 13.3. The Kier molecular flexibility index (Phi) is 9.08. The van der Waals surface area contributed by atoms with Crippen molar-refractivity contribution in [3.05, 3.63) is 64.7 Å². The fraction of sp³-hybridized carbons (Fsp3) is 0.400. The molecule has 0 saturated heterocycles. The van der Waals surface area contributed by atoms with Gasteiger partial charge in [-0.25, -0.2) is 8.42 Å². The van der Waals surface area contributed by atoms with Gasteiger partial charge in [-0.2, -0.15) is 0 Å². The van der Waals surface area contributed by atoms with E-state index in [-0.39, 0.29) is 23.9 Å². The lowest BCUT2D eigenvalue weighted by atomic mass is 10.1. The number of halogens is 1. The predicted octanol–water partition coefficient (Wildman–Crippen LogP) is 3.64. The van der Waals surface area contributed by atoms with Gasteiger partial charge in [0.1, 0.15) is 12.6 Å². The lowest BCUT2D eigenvalue weighted by molar-refractivity contribution is -0.140. The quantitative estimate of drug-likeness (QED) is 0.507. The van der Waals surface area contributed by atoms with Gasteiger partial charge < -0.3 is 10.2 Å². The van der Waals surface area contributed by atoms with Crippen LogP contribution in [0.15, 0.2) is 48.5 Å². The van der Waals surface area contributed by atoms with Crippen molar-refractivity contribution < 1.29 is 22.8 Å².